The molecule has 158 valence electrons. The molecular weight excluding hydrogens is 391 g/mol. The van der Waals surface area contributed by atoms with Crippen LogP contribution in [0.15, 0.2) is 18.2 Å². The third kappa shape index (κ3) is 4.19. The topological polar surface area (TPSA) is 42.0 Å². The van der Waals surface area contributed by atoms with Crippen LogP contribution in [0.2, 0.25) is 0 Å². The number of likely N-dealkylation sites (tertiary alicyclic amines) is 1. The van der Waals surface area contributed by atoms with Crippen LogP contribution in [0.1, 0.15) is 41.9 Å². The van der Waals surface area contributed by atoms with Crippen molar-refractivity contribution in [2.24, 2.45) is 0 Å². The number of halogens is 1. The average Bonchev–Trinajstić information content (AvgIpc) is 3.26. The van der Waals surface area contributed by atoms with E-state index in [1.165, 1.54) is 17.4 Å². The summed E-state index contributed by atoms with van der Waals surface area (Å²) in [7, 11) is 1.58. The summed E-state index contributed by atoms with van der Waals surface area (Å²) in [5.41, 5.74) is 0.676. The minimum atomic E-state index is -0.292. The third-order valence-electron chi connectivity index (χ3n) is 5.85. The molecule has 1 amide bonds. The quantitative estimate of drug-likeness (QED) is 0.736. The molecule has 7 heteroatoms. The van der Waals surface area contributed by atoms with Crippen molar-refractivity contribution in [2.45, 2.75) is 51.5 Å². The first kappa shape index (κ1) is 20.7. The van der Waals surface area contributed by atoms with Crippen molar-refractivity contribution in [3.05, 3.63) is 34.5 Å². The Morgan fingerprint density at radius 1 is 1.31 bits per heavy atom. The summed E-state index contributed by atoms with van der Waals surface area (Å²) in [5, 5.41) is 0.522. The molecule has 3 heterocycles. The third-order valence-corrected chi connectivity index (χ3v) is 7.03. The Kier molecular flexibility index (Phi) is 6.20. The fraction of sp³-hybridized carbons (Fsp3) is 0.591. The maximum Gasteiger partial charge on any atom is 0.264 e. The minimum absolute atomic E-state index is 0.00880. The van der Waals surface area contributed by atoms with Crippen molar-refractivity contribution in [3.63, 3.8) is 0 Å². The zero-order valence-electron chi connectivity index (χ0n) is 17.3. The van der Waals surface area contributed by atoms with Gasteiger partial charge in [-0.1, -0.05) is 6.07 Å². The number of benzene rings is 1. The number of methoxy groups -OCH3 is 1. The molecule has 0 saturated carbocycles. The lowest BCUT2D eigenvalue weighted by molar-refractivity contribution is -0.0715. The van der Waals surface area contributed by atoms with Crippen LogP contribution in [0.3, 0.4) is 0 Å². The molecule has 4 rings (SSSR count). The van der Waals surface area contributed by atoms with Gasteiger partial charge < -0.3 is 14.4 Å². The zero-order chi connectivity index (χ0) is 20.5. The van der Waals surface area contributed by atoms with Crippen molar-refractivity contribution in [2.75, 3.05) is 33.3 Å². The first-order valence-electron chi connectivity index (χ1n) is 10.4. The van der Waals surface area contributed by atoms with E-state index >= 15 is 0 Å². The van der Waals surface area contributed by atoms with Crippen LogP contribution in [0.4, 0.5) is 4.39 Å². The Morgan fingerprint density at radius 2 is 2.07 bits per heavy atom. The van der Waals surface area contributed by atoms with E-state index in [0.717, 1.165) is 43.7 Å². The maximum absolute atomic E-state index is 14.5. The van der Waals surface area contributed by atoms with Crippen LogP contribution in [0.25, 0.3) is 10.1 Å². The second-order valence-corrected chi connectivity index (χ2v) is 9.28. The Bertz CT molecular complexity index is 876. The second-order valence-electron chi connectivity index (χ2n) is 8.23. The van der Waals surface area contributed by atoms with Gasteiger partial charge in [0.05, 0.1) is 23.7 Å². The molecule has 2 fully saturated rings. The maximum atomic E-state index is 14.5. The molecule has 1 aromatic carbocycles. The SMILES string of the molecule is COCc1c(C(=O)N2CCCC2CN2CC(C)OC(C)C2)sc2cccc(F)c12. The van der Waals surface area contributed by atoms with Crippen molar-refractivity contribution in [1.82, 2.24) is 9.80 Å². The summed E-state index contributed by atoms with van der Waals surface area (Å²) in [6.07, 6.45) is 2.43. The first-order valence-corrected chi connectivity index (χ1v) is 11.2. The van der Waals surface area contributed by atoms with E-state index in [-0.39, 0.29) is 36.6 Å². The van der Waals surface area contributed by atoms with Crippen molar-refractivity contribution < 1.29 is 18.7 Å². The molecule has 0 aliphatic carbocycles. The summed E-state index contributed by atoms with van der Waals surface area (Å²) >= 11 is 1.38. The van der Waals surface area contributed by atoms with Gasteiger partial charge in [0.15, 0.2) is 0 Å². The molecule has 2 aliphatic heterocycles. The van der Waals surface area contributed by atoms with Crippen LogP contribution >= 0.6 is 11.3 Å². The normalized spacial score (nSPS) is 25.8. The Labute approximate surface area is 175 Å². The highest BCUT2D eigenvalue weighted by Gasteiger charge is 2.35. The van der Waals surface area contributed by atoms with E-state index in [4.69, 9.17) is 9.47 Å². The zero-order valence-corrected chi connectivity index (χ0v) is 18.1. The molecule has 29 heavy (non-hydrogen) atoms. The van der Waals surface area contributed by atoms with Crippen molar-refractivity contribution in [3.8, 4) is 0 Å². The smallest absolute Gasteiger partial charge is 0.264 e. The van der Waals surface area contributed by atoms with Crippen LogP contribution < -0.4 is 0 Å². The van der Waals surface area contributed by atoms with Gasteiger partial charge in [0.25, 0.3) is 5.91 Å². The van der Waals surface area contributed by atoms with E-state index in [0.29, 0.717) is 15.8 Å². The molecule has 1 aromatic heterocycles. The fourth-order valence-corrected chi connectivity index (χ4v) is 5.95. The predicted octanol–water partition coefficient (Wildman–Crippen LogP) is 3.90. The number of carbonyl (C=O) groups is 1. The van der Waals surface area contributed by atoms with Crippen LogP contribution in [-0.2, 0) is 16.1 Å². The number of morpholine rings is 1. The van der Waals surface area contributed by atoms with Crippen molar-refractivity contribution >= 4 is 27.3 Å². The van der Waals surface area contributed by atoms with Gasteiger partial charge in [0, 0.05) is 55.0 Å². The van der Waals surface area contributed by atoms with E-state index < -0.39 is 0 Å². The van der Waals surface area contributed by atoms with Crippen molar-refractivity contribution in [1.29, 1.82) is 0 Å². The lowest BCUT2D eigenvalue weighted by Crippen LogP contribution is -2.50. The van der Waals surface area contributed by atoms with E-state index in [9.17, 15) is 9.18 Å². The first-order chi connectivity index (χ1) is 14.0. The van der Waals surface area contributed by atoms with E-state index in [1.807, 2.05) is 11.0 Å². The molecule has 3 unspecified atom stereocenters. The summed E-state index contributed by atoms with van der Waals surface area (Å²) in [4.78, 5) is 18.5. The number of hydrogen-bond acceptors (Lipinski definition) is 5. The van der Waals surface area contributed by atoms with E-state index in [1.54, 1.807) is 13.2 Å². The van der Waals surface area contributed by atoms with Gasteiger partial charge in [0.2, 0.25) is 0 Å². The number of hydrogen-bond donors (Lipinski definition) is 0. The highest BCUT2D eigenvalue weighted by molar-refractivity contribution is 7.21. The Balaban J connectivity index is 1.58. The molecule has 2 aromatic rings. The molecule has 0 radical (unpaired) electrons. The number of carbonyl (C=O) groups excluding carboxylic acids is 1. The Morgan fingerprint density at radius 3 is 2.79 bits per heavy atom. The van der Waals surface area contributed by atoms with Gasteiger partial charge in [-0.3, -0.25) is 9.69 Å². The minimum Gasteiger partial charge on any atom is -0.380 e. The molecular formula is C22H29FN2O3S. The van der Waals surface area contributed by atoms with Gasteiger partial charge in [0.1, 0.15) is 5.82 Å². The van der Waals surface area contributed by atoms with Gasteiger partial charge in [-0.25, -0.2) is 4.39 Å². The van der Waals surface area contributed by atoms with Gasteiger partial charge in [-0.15, -0.1) is 11.3 Å². The van der Waals surface area contributed by atoms with Crippen LogP contribution in [0, 0.1) is 5.82 Å². The largest absolute Gasteiger partial charge is 0.380 e. The van der Waals surface area contributed by atoms with Gasteiger partial charge in [-0.2, -0.15) is 0 Å². The summed E-state index contributed by atoms with van der Waals surface area (Å²) < 4.78 is 26.5. The number of amides is 1. The number of ether oxygens (including phenoxy) is 2. The summed E-state index contributed by atoms with van der Waals surface area (Å²) in [6, 6.07) is 5.20. The van der Waals surface area contributed by atoms with Crippen LogP contribution in [-0.4, -0.2) is 67.2 Å². The standard InChI is InChI=1S/C22H29FN2O3S/c1-14-10-24(11-15(2)28-14)12-16-6-5-9-25(16)22(26)21-17(13-27-3)20-18(23)7-4-8-19(20)29-21/h4,7-8,14-16H,5-6,9-13H2,1-3H3. The fourth-order valence-electron chi connectivity index (χ4n) is 4.78. The van der Waals surface area contributed by atoms with E-state index in [2.05, 4.69) is 18.7 Å². The second kappa shape index (κ2) is 8.68. The molecule has 2 saturated heterocycles. The van der Waals surface area contributed by atoms with Gasteiger partial charge in [-0.05, 0) is 38.8 Å². The predicted molar refractivity (Wildman–Crippen MR) is 113 cm³/mol. The monoisotopic (exact) mass is 420 g/mol. The number of rotatable bonds is 5. The summed E-state index contributed by atoms with van der Waals surface area (Å²) in [6.45, 7) is 7.84. The lowest BCUT2D eigenvalue weighted by Gasteiger charge is -2.38. The highest BCUT2D eigenvalue weighted by Crippen LogP contribution is 2.36. The van der Waals surface area contributed by atoms with Gasteiger partial charge >= 0.3 is 0 Å². The van der Waals surface area contributed by atoms with Crippen LogP contribution in [0.5, 0.6) is 0 Å². The number of nitrogens with zero attached hydrogens (tertiary/aromatic N) is 2. The number of fused-ring (bicyclic) bond motifs is 1. The highest BCUT2D eigenvalue weighted by atomic mass is 32.1. The Hall–Kier alpha value is -1.54. The molecule has 5 nitrogen and oxygen atoms in total. The molecule has 0 bridgehead atoms. The molecule has 3 atom stereocenters. The molecule has 0 N–H and O–H groups in total. The summed E-state index contributed by atoms with van der Waals surface area (Å²) in [5.74, 6) is -0.284. The number of thiophene rings is 1. The molecule has 2 aliphatic rings. The average molecular weight is 421 g/mol. The lowest BCUT2D eigenvalue weighted by atomic mass is 10.1. The molecule has 0 spiro atoms.